The van der Waals surface area contributed by atoms with Crippen molar-refractivity contribution in [3.05, 3.63) is 69.0 Å². The Morgan fingerprint density at radius 1 is 1.06 bits per heavy atom. The molecular weight excluding hydrogens is 244 g/mol. The quantitative estimate of drug-likeness (QED) is 0.567. The van der Waals surface area contributed by atoms with Crippen LogP contribution in [0, 0.1) is 20.8 Å². The van der Waals surface area contributed by atoms with E-state index in [1.807, 2.05) is 0 Å². The van der Waals surface area contributed by atoms with E-state index in [0.717, 1.165) is 11.6 Å². The van der Waals surface area contributed by atoms with E-state index in [9.17, 15) is 0 Å². The maximum absolute atomic E-state index is 3.52. The molecule has 0 heterocycles. The van der Waals surface area contributed by atoms with Crippen molar-refractivity contribution in [3.8, 4) is 0 Å². The second kappa shape index (κ2) is 8.75. The third-order valence-corrected chi connectivity index (χ3v) is 2.54. The molecule has 3 radical (unpaired) electrons. The summed E-state index contributed by atoms with van der Waals surface area (Å²) in [6, 6.07) is 8.49. The average molecular weight is 261 g/mol. The van der Waals surface area contributed by atoms with Crippen LogP contribution in [-0.2, 0) is 28.1 Å². The first-order valence-electron chi connectivity index (χ1n) is 4.50. The summed E-state index contributed by atoms with van der Waals surface area (Å²) in [7, 11) is 3.52. The average Bonchev–Trinajstić information content (AvgIpc) is 2.57. The van der Waals surface area contributed by atoms with Crippen LogP contribution in [0.15, 0.2) is 48.6 Å². The summed E-state index contributed by atoms with van der Waals surface area (Å²) in [5.74, 6) is 0.591. The molecule has 1 aromatic rings. The molecule has 1 aliphatic carbocycles. The van der Waals surface area contributed by atoms with Gasteiger partial charge in [-0.3, -0.25) is 0 Å². The number of rotatable bonds is 2. The minimum Gasteiger partial charge on any atom is -0.358 e. The summed E-state index contributed by atoms with van der Waals surface area (Å²) in [6.07, 6.45) is 9.80. The predicted molar refractivity (Wildman–Crippen MR) is 70.1 cm³/mol. The molecule has 16 heavy (non-hydrogen) atoms. The largest absolute Gasteiger partial charge is 2.00 e. The van der Waals surface area contributed by atoms with Crippen LogP contribution >= 0.6 is 0 Å². The van der Waals surface area contributed by atoms with E-state index >= 15 is 0 Å². The monoisotopic (exact) mass is 261 g/mol. The summed E-state index contributed by atoms with van der Waals surface area (Å²) < 4.78 is 0. The summed E-state index contributed by atoms with van der Waals surface area (Å²) >= 11 is 0. The van der Waals surface area contributed by atoms with Crippen LogP contribution < -0.4 is 5.19 Å². The molecule has 0 aliphatic heterocycles. The number of allylic oxidation sites excluding steroid dienone is 4. The van der Waals surface area contributed by atoms with E-state index in [0.29, 0.717) is 5.92 Å². The molecule has 1 aliphatic rings. The van der Waals surface area contributed by atoms with Crippen molar-refractivity contribution in [2.24, 2.45) is 5.92 Å². The molecule has 0 fully saturated rings. The summed E-state index contributed by atoms with van der Waals surface area (Å²) in [5, 5.41) is 1.16. The van der Waals surface area contributed by atoms with Gasteiger partial charge in [0.05, 0.1) is 10.2 Å². The molecule has 0 atom stereocenters. The Kier molecular flexibility index (Phi) is 9.84. The normalized spacial score (nSPS) is 12.6. The van der Waals surface area contributed by atoms with Gasteiger partial charge in [0.1, 0.15) is 0 Å². The Hall–Kier alpha value is -0.369. The Balaban J connectivity index is 0. The Morgan fingerprint density at radius 2 is 1.69 bits per heavy atom. The van der Waals surface area contributed by atoms with E-state index in [1.165, 1.54) is 5.56 Å². The van der Waals surface area contributed by atoms with Gasteiger partial charge in [0.15, 0.2) is 0 Å². The maximum Gasteiger partial charge on any atom is 2.00 e. The predicted octanol–water partition coefficient (Wildman–Crippen LogP) is 2.66. The fourth-order valence-electron chi connectivity index (χ4n) is 1.58. The van der Waals surface area contributed by atoms with E-state index < -0.39 is 0 Å². The van der Waals surface area contributed by atoms with Crippen LogP contribution in [0.3, 0.4) is 0 Å². The fourth-order valence-corrected chi connectivity index (χ4v) is 1.87. The van der Waals surface area contributed by atoms with Gasteiger partial charge in [-0.1, -0.05) is 53.8 Å². The molecule has 0 saturated carbocycles. The fraction of sp³-hybridized carbons (Fsp3) is 0.143. The number of hydrogen-bond acceptors (Lipinski definition) is 0. The SMILES string of the molecule is [CH3-].[CH3-].[Si]c1cccc(CC2C=CC=C2)c1.[Ti+2]. The van der Waals surface area contributed by atoms with E-state index in [2.05, 4.69) is 58.8 Å². The molecule has 81 valence electrons. The third kappa shape index (κ3) is 5.11. The van der Waals surface area contributed by atoms with Crippen LogP contribution in [0.5, 0.6) is 0 Å². The van der Waals surface area contributed by atoms with Gasteiger partial charge in [-0.05, 0) is 17.9 Å². The van der Waals surface area contributed by atoms with Gasteiger partial charge < -0.3 is 14.9 Å². The van der Waals surface area contributed by atoms with Crippen LogP contribution in [0.4, 0.5) is 0 Å². The van der Waals surface area contributed by atoms with Crippen LogP contribution in [0.25, 0.3) is 0 Å². The molecule has 0 N–H and O–H groups in total. The molecule has 0 unspecified atom stereocenters. The molecule has 0 saturated heterocycles. The summed E-state index contributed by atoms with van der Waals surface area (Å²) in [4.78, 5) is 0. The van der Waals surface area contributed by atoms with Crippen molar-refractivity contribution >= 4 is 15.4 Å². The zero-order chi connectivity index (χ0) is 9.10. The van der Waals surface area contributed by atoms with Gasteiger partial charge >= 0.3 is 21.7 Å². The first kappa shape index (κ1) is 18.0. The van der Waals surface area contributed by atoms with Crippen molar-refractivity contribution in [2.45, 2.75) is 6.42 Å². The van der Waals surface area contributed by atoms with Crippen molar-refractivity contribution in [3.63, 3.8) is 0 Å². The van der Waals surface area contributed by atoms with Gasteiger partial charge in [0, 0.05) is 0 Å². The Labute approximate surface area is 118 Å². The zero-order valence-corrected chi connectivity index (χ0v) is 12.5. The standard InChI is InChI=1S/C12H11Si.2CH3.Ti/c13-12-7-3-6-11(9-12)8-10-4-1-2-5-10;;;/h1-7,9-10H,8H2;2*1H3;/q;2*-1;+2. The van der Waals surface area contributed by atoms with Crippen molar-refractivity contribution in [1.82, 2.24) is 0 Å². The van der Waals surface area contributed by atoms with Gasteiger partial charge in [0.2, 0.25) is 0 Å². The molecular formula is C14H17SiTi. The van der Waals surface area contributed by atoms with E-state index in [4.69, 9.17) is 0 Å². The van der Waals surface area contributed by atoms with Crippen LogP contribution in [0.1, 0.15) is 5.56 Å². The molecule has 2 rings (SSSR count). The zero-order valence-electron chi connectivity index (χ0n) is 9.90. The van der Waals surface area contributed by atoms with Gasteiger partial charge in [-0.15, -0.1) is 0 Å². The minimum absolute atomic E-state index is 0. The molecule has 0 bridgehead atoms. The molecule has 0 nitrogen and oxygen atoms in total. The molecule has 2 heteroatoms. The Bertz CT molecular complexity index is 344. The van der Waals surface area contributed by atoms with Gasteiger partial charge in [-0.2, -0.15) is 0 Å². The molecule has 0 amide bonds. The third-order valence-electron chi connectivity index (χ3n) is 2.23. The van der Waals surface area contributed by atoms with E-state index in [1.54, 1.807) is 0 Å². The Morgan fingerprint density at radius 3 is 2.25 bits per heavy atom. The van der Waals surface area contributed by atoms with Gasteiger partial charge in [0.25, 0.3) is 0 Å². The molecule has 0 aromatic heterocycles. The van der Waals surface area contributed by atoms with E-state index in [-0.39, 0.29) is 36.6 Å². The first-order valence-corrected chi connectivity index (χ1v) is 5.00. The molecule has 1 aromatic carbocycles. The van der Waals surface area contributed by atoms with Gasteiger partial charge in [-0.25, -0.2) is 0 Å². The van der Waals surface area contributed by atoms with Crippen LogP contribution in [-0.4, -0.2) is 10.2 Å². The molecule has 0 spiro atoms. The second-order valence-corrected chi connectivity index (χ2v) is 3.92. The first-order chi connectivity index (χ1) is 6.34. The van der Waals surface area contributed by atoms with Crippen molar-refractivity contribution in [2.75, 3.05) is 0 Å². The summed E-state index contributed by atoms with van der Waals surface area (Å²) in [5.41, 5.74) is 1.38. The maximum atomic E-state index is 3.52. The minimum atomic E-state index is 0. The van der Waals surface area contributed by atoms with Crippen molar-refractivity contribution in [1.29, 1.82) is 0 Å². The van der Waals surface area contributed by atoms with Crippen molar-refractivity contribution < 1.29 is 21.7 Å². The number of hydrogen-bond donors (Lipinski definition) is 0. The number of benzene rings is 1. The summed E-state index contributed by atoms with van der Waals surface area (Å²) in [6.45, 7) is 0. The second-order valence-electron chi connectivity index (χ2n) is 3.34. The topological polar surface area (TPSA) is 0 Å². The smallest absolute Gasteiger partial charge is 0.358 e. The van der Waals surface area contributed by atoms with Crippen LogP contribution in [0.2, 0.25) is 0 Å².